The van der Waals surface area contributed by atoms with E-state index in [1.165, 1.54) is 5.56 Å². The van der Waals surface area contributed by atoms with Gasteiger partial charge in [-0.05, 0) is 53.0 Å². The zero-order chi connectivity index (χ0) is 16.6. The van der Waals surface area contributed by atoms with E-state index in [2.05, 4.69) is 15.4 Å². The Labute approximate surface area is 137 Å². The van der Waals surface area contributed by atoms with Gasteiger partial charge < -0.3 is 14.6 Å². The molecule has 2 aliphatic heterocycles. The molecule has 3 rings (SSSR count). The summed E-state index contributed by atoms with van der Waals surface area (Å²) < 4.78 is 11.3. The number of aryl methyl sites for hydroxylation is 2. The molecule has 128 valence electrons. The van der Waals surface area contributed by atoms with Gasteiger partial charge in [0.1, 0.15) is 11.9 Å². The third kappa shape index (κ3) is 3.58. The number of aromatic nitrogens is 1. The van der Waals surface area contributed by atoms with Crippen LogP contribution in [0.1, 0.15) is 43.7 Å². The van der Waals surface area contributed by atoms with Crippen LogP contribution in [-0.2, 0) is 16.1 Å². The molecule has 0 spiro atoms. The van der Waals surface area contributed by atoms with E-state index in [1.807, 2.05) is 27.7 Å². The van der Waals surface area contributed by atoms with Gasteiger partial charge in [-0.3, -0.25) is 9.69 Å². The molecule has 2 aliphatic rings. The molecule has 0 saturated carbocycles. The maximum Gasteiger partial charge on any atom is 0.249 e. The Morgan fingerprint density at radius 1 is 1.43 bits per heavy atom. The van der Waals surface area contributed by atoms with Crippen molar-refractivity contribution >= 4 is 5.91 Å². The van der Waals surface area contributed by atoms with Crippen LogP contribution in [-0.4, -0.2) is 47.3 Å². The van der Waals surface area contributed by atoms with Gasteiger partial charge in [0.2, 0.25) is 5.91 Å². The summed E-state index contributed by atoms with van der Waals surface area (Å²) in [6, 6.07) is 0.157. The van der Waals surface area contributed by atoms with Crippen molar-refractivity contribution in [3.63, 3.8) is 0 Å². The standard InChI is InChI=1S/C17H27N3O3/c1-10(2)18-17(21)15-7-13-5-6-20(9-16(13)22-15)8-14-11(3)19-23-12(14)4/h10,13,15-16H,5-9H2,1-4H3,(H,18,21)/t13-,15+,16-/m1/s1. The molecule has 1 N–H and O–H groups in total. The smallest absolute Gasteiger partial charge is 0.249 e. The van der Waals surface area contributed by atoms with Gasteiger partial charge in [-0.1, -0.05) is 5.16 Å². The molecule has 3 heterocycles. The molecule has 1 aromatic rings. The van der Waals surface area contributed by atoms with Crippen LogP contribution in [0.4, 0.5) is 0 Å². The number of rotatable bonds is 4. The van der Waals surface area contributed by atoms with Crippen LogP contribution >= 0.6 is 0 Å². The number of carbonyl (C=O) groups excluding carboxylic acids is 1. The Balaban J connectivity index is 1.58. The molecule has 6 heteroatoms. The molecule has 0 unspecified atom stereocenters. The molecular weight excluding hydrogens is 294 g/mol. The average Bonchev–Trinajstić information content (AvgIpc) is 3.04. The lowest BCUT2D eigenvalue weighted by atomic mass is 9.91. The van der Waals surface area contributed by atoms with E-state index in [9.17, 15) is 4.79 Å². The monoisotopic (exact) mass is 321 g/mol. The molecular formula is C17H27N3O3. The van der Waals surface area contributed by atoms with E-state index >= 15 is 0 Å². The van der Waals surface area contributed by atoms with Crippen LogP contribution in [0.15, 0.2) is 4.52 Å². The molecule has 1 aromatic heterocycles. The van der Waals surface area contributed by atoms with Gasteiger partial charge in [-0.15, -0.1) is 0 Å². The Hall–Kier alpha value is -1.40. The number of carbonyl (C=O) groups is 1. The molecule has 6 nitrogen and oxygen atoms in total. The summed E-state index contributed by atoms with van der Waals surface area (Å²) in [5, 5.41) is 6.98. The van der Waals surface area contributed by atoms with Crippen molar-refractivity contribution in [3.05, 3.63) is 17.0 Å². The van der Waals surface area contributed by atoms with Crippen LogP contribution in [0.5, 0.6) is 0 Å². The molecule has 2 saturated heterocycles. The highest BCUT2D eigenvalue weighted by Crippen LogP contribution is 2.34. The van der Waals surface area contributed by atoms with Gasteiger partial charge in [-0.2, -0.15) is 0 Å². The van der Waals surface area contributed by atoms with Crippen molar-refractivity contribution < 1.29 is 14.1 Å². The first kappa shape index (κ1) is 16.5. The van der Waals surface area contributed by atoms with Crippen LogP contribution in [0, 0.1) is 19.8 Å². The third-order valence-corrected chi connectivity index (χ3v) is 4.92. The SMILES string of the molecule is Cc1noc(C)c1CN1CC[C@@H]2C[C@@H](C(=O)NC(C)C)O[C@@H]2C1. The summed E-state index contributed by atoms with van der Waals surface area (Å²) in [5.41, 5.74) is 2.14. The first-order chi connectivity index (χ1) is 10.9. The zero-order valence-corrected chi connectivity index (χ0v) is 14.5. The lowest BCUT2D eigenvalue weighted by Crippen LogP contribution is -2.42. The minimum Gasteiger partial charge on any atom is -0.364 e. The Morgan fingerprint density at radius 2 is 2.22 bits per heavy atom. The van der Waals surface area contributed by atoms with E-state index in [4.69, 9.17) is 9.26 Å². The summed E-state index contributed by atoms with van der Waals surface area (Å²) >= 11 is 0. The molecule has 0 radical (unpaired) electrons. The number of ether oxygens (including phenoxy) is 1. The van der Waals surface area contributed by atoms with E-state index < -0.39 is 0 Å². The summed E-state index contributed by atoms with van der Waals surface area (Å²) in [6.45, 7) is 10.7. The number of fused-ring (bicyclic) bond motifs is 1. The topological polar surface area (TPSA) is 67.6 Å². The van der Waals surface area contributed by atoms with Gasteiger partial charge in [0.25, 0.3) is 0 Å². The second-order valence-corrected chi connectivity index (χ2v) is 7.15. The maximum absolute atomic E-state index is 12.2. The second kappa shape index (κ2) is 6.61. The number of nitrogens with zero attached hydrogens (tertiary/aromatic N) is 2. The summed E-state index contributed by atoms with van der Waals surface area (Å²) in [5.74, 6) is 1.43. The number of piperidine rings is 1. The van der Waals surface area contributed by atoms with Gasteiger partial charge in [-0.25, -0.2) is 0 Å². The average molecular weight is 321 g/mol. The molecule has 1 amide bonds. The number of nitrogens with one attached hydrogen (secondary N) is 1. The van der Waals surface area contributed by atoms with E-state index in [0.717, 1.165) is 43.9 Å². The van der Waals surface area contributed by atoms with Crippen molar-refractivity contribution in [2.24, 2.45) is 5.92 Å². The summed E-state index contributed by atoms with van der Waals surface area (Å²) in [6.07, 6.45) is 1.81. The van der Waals surface area contributed by atoms with E-state index in [0.29, 0.717) is 5.92 Å². The third-order valence-electron chi connectivity index (χ3n) is 4.92. The molecule has 0 aromatic carbocycles. The van der Waals surface area contributed by atoms with Gasteiger partial charge >= 0.3 is 0 Å². The predicted octanol–water partition coefficient (Wildman–Crippen LogP) is 1.80. The highest BCUT2D eigenvalue weighted by molar-refractivity contribution is 5.81. The number of amides is 1. The van der Waals surface area contributed by atoms with E-state index in [-0.39, 0.29) is 24.2 Å². The Morgan fingerprint density at radius 3 is 2.87 bits per heavy atom. The quantitative estimate of drug-likeness (QED) is 0.916. The fourth-order valence-corrected chi connectivity index (χ4v) is 3.64. The van der Waals surface area contributed by atoms with Crippen LogP contribution in [0.25, 0.3) is 0 Å². The van der Waals surface area contributed by atoms with Crippen LogP contribution in [0.2, 0.25) is 0 Å². The van der Waals surface area contributed by atoms with Gasteiger partial charge in [0.05, 0.1) is 11.8 Å². The van der Waals surface area contributed by atoms with Crippen molar-refractivity contribution in [2.45, 2.75) is 65.3 Å². The first-order valence-corrected chi connectivity index (χ1v) is 8.54. The number of hydrogen-bond donors (Lipinski definition) is 1. The van der Waals surface area contributed by atoms with Crippen molar-refractivity contribution in [1.29, 1.82) is 0 Å². The maximum atomic E-state index is 12.2. The lowest BCUT2D eigenvalue weighted by molar-refractivity contribution is -0.133. The molecule has 0 bridgehead atoms. The Kier molecular flexibility index (Phi) is 4.73. The van der Waals surface area contributed by atoms with Crippen molar-refractivity contribution in [3.8, 4) is 0 Å². The molecule has 0 aliphatic carbocycles. The fraction of sp³-hybridized carbons (Fsp3) is 0.765. The van der Waals surface area contributed by atoms with Crippen LogP contribution < -0.4 is 5.32 Å². The minimum absolute atomic E-state index is 0.0340. The molecule has 2 fully saturated rings. The predicted molar refractivity (Wildman–Crippen MR) is 85.9 cm³/mol. The Bertz CT molecular complexity index is 550. The number of likely N-dealkylation sites (tertiary alicyclic amines) is 1. The second-order valence-electron chi connectivity index (χ2n) is 7.15. The number of hydrogen-bond acceptors (Lipinski definition) is 5. The van der Waals surface area contributed by atoms with Crippen molar-refractivity contribution in [2.75, 3.05) is 13.1 Å². The van der Waals surface area contributed by atoms with Gasteiger partial charge in [0, 0.05) is 24.7 Å². The van der Waals surface area contributed by atoms with E-state index in [1.54, 1.807) is 0 Å². The highest BCUT2D eigenvalue weighted by atomic mass is 16.5. The normalized spacial score (nSPS) is 28.1. The van der Waals surface area contributed by atoms with Gasteiger partial charge in [0.15, 0.2) is 0 Å². The largest absolute Gasteiger partial charge is 0.364 e. The summed E-state index contributed by atoms with van der Waals surface area (Å²) in [4.78, 5) is 14.5. The van der Waals surface area contributed by atoms with Crippen LogP contribution in [0.3, 0.4) is 0 Å². The lowest BCUT2D eigenvalue weighted by Gasteiger charge is -2.33. The fourth-order valence-electron chi connectivity index (χ4n) is 3.64. The molecule has 23 heavy (non-hydrogen) atoms. The highest BCUT2D eigenvalue weighted by Gasteiger charge is 2.42. The zero-order valence-electron chi connectivity index (χ0n) is 14.5. The minimum atomic E-state index is -0.286. The first-order valence-electron chi connectivity index (χ1n) is 8.54. The molecule has 3 atom stereocenters. The van der Waals surface area contributed by atoms with Crippen molar-refractivity contribution in [1.82, 2.24) is 15.4 Å². The summed E-state index contributed by atoms with van der Waals surface area (Å²) in [7, 11) is 0.